The van der Waals surface area contributed by atoms with Crippen LogP contribution in [0.2, 0.25) is 0 Å². The lowest BCUT2D eigenvalue weighted by Gasteiger charge is -2.12. The number of nitriles is 1. The van der Waals surface area contributed by atoms with Gasteiger partial charge >= 0.3 is 0 Å². The van der Waals surface area contributed by atoms with Crippen molar-refractivity contribution in [3.63, 3.8) is 0 Å². The summed E-state index contributed by atoms with van der Waals surface area (Å²) in [6, 6.07) is 6.84. The quantitative estimate of drug-likeness (QED) is 0.625. The number of aromatic nitrogens is 3. The van der Waals surface area contributed by atoms with Crippen molar-refractivity contribution < 1.29 is 19.1 Å². The van der Waals surface area contributed by atoms with Gasteiger partial charge in [-0.15, -0.1) is 0 Å². The smallest absolute Gasteiger partial charge is 0.269 e. The molecule has 0 radical (unpaired) electrons. The second-order valence-corrected chi connectivity index (χ2v) is 6.74. The highest BCUT2D eigenvalue weighted by Crippen LogP contribution is 2.32. The highest BCUT2D eigenvalue weighted by Gasteiger charge is 2.17. The summed E-state index contributed by atoms with van der Waals surface area (Å²) in [4.78, 5) is 28.9. The van der Waals surface area contributed by atoms with Crippen LogP contribution >= 0.6 is 0 Å². The molecule has 2 amide bonds. The van der Waals surface area contributed by atoms with Crippen molar-refractivity contribution in [3.05, 3.63) is 52.5 Å². The summed E-state index contributed by atoms with van der Waals surface area (Å²) in [5.74, 6) is 0.255. The van der Waals surface area contributed by atoms with E-state index in [9.17, 15) is 9.59 Å². The number of carbonyl (C=O) groups excluding carboxylic acids is 2. The summed E-state index contributed by atoms with van der Waals surface area (Å²) < 4.78 is 12.0. The summed E-state index contributed by atoms with van der Waals surface area (Å²) in [6.45, 7) is 3.81. The largest absolute Gasteiger partial charge is 0.454 e. The molecular formula is C20H18N6O4. The first-order chi connectivity index (χ1) is 14.5. The molecule has 10 heteroatoms. The third-order valence-corrected chi connectivity index (χ3v) is 4.88. The third kappa shape index (κ3) is 3.48. The number of hydrogen-bond donors (Lipinski definition) is 2. The maximum absolute atomic E-state index is 12.2. The Morgan fingerprint density at radius 3 is 2.83 bits per heavy atom. The van der Waals surface area contributed by atoms with Gasteiger partial charge in [0.15, 0.2) is 17.1 Å². The maximum Gasteiger partial charge on any atom is 0.269 e. The van der Waals surface area contributed by atoms with Crippen molar-refractivity contribution in [1.82, 2.24) is 25.4 Å². The van der Waals surface area contributed by atoms with Gasteiger partial charge in [-0.3, -0.25) is 20.4 Å². The molecule has 4 rings (SSSR count). The number of rotatable bonds is 4. The summed E-state index contributed by atoms with van der Waals surface area (Å²) >= 11 is 0. The fraction of sp³-hybridized carbons (Fsp3) is 0.250. The van der Waals surface area contributed by atoms with Crippen LogP contribution in [0.5, 0.6) is 11.5 Å². The minimum atomic E-state index is -0.460. The van der Waals surface area contributed by atoms with Gasteiger partial charge in [0.2, 0.25) is 12.7 Å². The molecule has 3 aromatic rings. The van der Waals surface area contributed by atoms with Crippen molar-refractivity contribution >= 4 is 17.5 Å². The zero-order valence-corrected chi connectivity index (χ0v) is 16.4. The van der Waals surface area contributed by atoms with E-state index < -0.39 is 5.91 Å². The molecule has 0 bridgehead atoms. The second kappa shape index (κ2) is 7.71. The standard InChI is InChI=1S/C20H18N6O4/c1-11-15(12(2)26-19(23-11)14(8-21)9-22-26)4-6-18(27)24-25-20(28)13-3-5-16-17(7-13)30-10-29-16/h3,5,7,9H,4,6,10H2,1-2H3,(H,24,27)(H,25,28). The molecule has 0 fully saturated rings. The SMILES string of the molecule is Cc1nc2c(C#N)cnn2c(C)c1CCC(=O)NNC(=O)c1ccc2c(c1)OCO2. The monoisotopic (exact) mass is 406 g/mol. The lowest BCUT2D eigenvalue weighted by molar-refractivity contribution is -0.121. The van der Waals surface area contributed by atoms with Gasteiger partial charge in [-0.1, -0.05) is 0 Å². The van der Waals surface area contributed by atoms with Crippen LogP contribution in [0.25, 0.3) is 5.65 Å². The van der Waals surface area contributed by atoms with Crippen molar-refractivity contribution in [2.75, 3.05) is 6.79 Å². The summed E-state index contributed by atoms with van der Waals surface area (Å²) in [7, 11) is 0. The van der Waals surface area contributed by atoms with Crippen LogP contribution < -0.4 is 20.3 Å². The molecule has 1 aliphatic heterocycles. The Labute approximate surface area is 171 Å². The predicted octanol–water partition coefficient (Wildman–Crippen LogP) is 1.34. The molecule has 1 aliphatic rings. The minimum absolute atomic E-state index is 0.118. The predicted molar refractivity (Wildman–Crippen MR) is 104 cm³/mol. The number of aryl methyl sites for hydroxylation is 2. The van der Waals surface area contributed by atoms with E-state index in [-0.39, 0.29) is 19.1 Å². The van der Waals surface area contributed by atoms with Gasteiger partial charge in [-0.25, -0.2) is 9.50 Å². The van der Waals surface area contributed by atoms with Crippen LogP contribution in [0, 0.1) is 25.2 Å². The van der Waals surface area contributed by atoms with E-state index in [2.05, 4.69) is 27.0 Å². The van der Waals surface area contributed by atoms with Gasteiger partial charge in [0, 0.05) is 23.4 Å². The highest BCUT2D eigenvalue weighted by molar-refractivity contribution is 5.96. The van der Waals surface area contributed by atoms with Crippen LogP contribution in [0.4, 0.5) is 0 Å². The van der Waals surface area contributed by atoms with E-state index in [1.165, 1.54) is 6.20 Å². The van der Waals surface area contributed by atoms with Crippen molar-refractivity contribution in [2.45, 2.75) is 26.7 Å². The molecule has 30 heavy (non-hydrogen) atoms. The summed E-state index contributed by atoms with van der Waals surface area (Å²) in [6.07, 6.45) is 2.02. The van der Waals surface area contributed by atoms with Gasteiger partial charge in [-0.2, -0.15) is 10.4 Å². The molecule has 152 valence electrons. The van der Waals surface area contributed by atoms with E-state index in [0.29, 0.717) is 34.7 Å². The number of nitrogens with one attached hydrogen (secondary N) is 2. The van der Waals surface area contributed by atoms with E-state index in [1.807, 2.05) is 13.8 Å². The number of hydrazine groups is 1. The minimum Gasteiger partial charge on any atom is -0.454 e. The third-order valence-electron chi connectivity index (χ3n) is 4.88. The van der Waals surface area contributed by atoms with Gasteiger partial charge < -0.3 is 9.47 Å². The molecule has 0 aliphatic carbocycles. The lowest BCUT2D eigenvalue weighted by Crippen LogP contribution is -2.41. The molecule has 2 N–H and O–H groups in total. The molecular weight excluding hydrogens is 388 g/mol. The van der Waals surface area contributed by atoms with Crippen LogP contribution in [-0.2, 0) is 11.2 Å². The first-order valence-electron chi connectivity index (χ1n) is 9.20. The van der Waals surface area contributed by atoms with Crippen molar-refractivity contribution in [3.8, 4) is 17.6 Å². The Kier molecular flexibility index (Phi) is 4.93. The van der Waals surface area contributed by atoms with Gasteiger partial charge in [0.05, 0.1) is 6.20 Å². The van der Waals surface area contributed by atoms with Gasteiger partial charge in [0.25, 0.3) is 5.91 Å². The van der Waals surface area contributed by atoms with Crippen LogP contribution in [-0.4, -0.2) is 33.2 Å². The fourth-order valence-electron chi connectivity index (χ4n) is 3.29. The number of benzene rings is 1. The van der Waals surface area contributed by atoms with E-state index >= 15 is 0 Å². The van der Waals surface area contributed by atoms with E-state index in [0.717, 1.165) is 17.0 Å². The fourth-order valence-corrected chi connectivity index (χ4v) is 3.29. The Balaban J connectivity index is 1.37. The molecule has 1 aromatic carbocycles. The number of fused-ring (bicyclic) bond motifs is 2. The Morgan fingerprint density at radius 1 is 1.23 bits per heavy atom. The average Bonchev–Trinajstić information content (AvgIpc) is 3.37. The zero-order chi connectivity index (χ0) is 21.3. The first-order valence-corrected chi connectivity index (χ1v) is 9.20. The first kappa shape index (κ1) is 19.2. The van der Waals surface area contributed by atoms with E-state index in [4.69, 9.17) is 14.7 Å². The van der Waals surface area contributed by atoms with Crippen molar-refractivity contribution in [2.24, 2.45) is 0 Å². The molecule has 0 atom stereocenters. The molecule has 0 spiro atoms. The van der Waals surface area contributed by atoms with Crippen LogP contribution in [0.15, 0.2) is 24.4 Å². The second-order valence-electron chi connectivity index (χ2n) is 6.74. The summed E-state index contributed by atoms with van der Waals surface area (Å²) in [5.41, 5.74) is 8.46. The molecule has 0 saturated heterocycles. The number of amides is 2. The number of nitrogens with zero attached hydrogens (tertiary/aromatic N) is 4. The highest BCUT2D eigenvalue weighted by atomic mass is 16.7. The van der Waals surface area contributed by atoms with Gasteiger partial charge in [-0.05, 0) is 44.0 Å². The number of ether oxygens (including phenoxy) is 2. The zero-order valence-electron chi connectivity index (χ0n) is 16.4. The Bertz CT molecular complexity index is 1210. The lowest BCUT2D eigenvalue weighted by atomic mass is 10.1. The molecule has 10 nitrogen and oxygen atoms in total. The summed E-state index contributed by atoms with van der Waals surface area (Å²) in [5, 5.41) is 13.3. The number of carbonyl (C=O) groups is 2. The number of hydrogen-bond acceptors (Lipinski definition) is 7. The molecule has 0 saturated carbocycles. The topological polar surface area (TPSA) is 131 Å². The molecule has 2 aromatic heterocycles. The van der Waals surface area contributed by atoms with E-state index in [1.54, 1.807) is 22.7 Å². The average molecular weight is 406 g/mol. The molecule has 0 unspecified atom stereocenters. The van der Waals surface area contributed by atoms with Crippen LogP contribution in [0.1, 0.15) is 39.3 Å². The molecule has 3 heterocycles. The Morgan fingerprint density at radius 2 is 2.03 bits per heavy atom. The Hall–Kier alpha value is -4.13. The van der Waals surface area contributed by atoms with Crippen LogP contribution in [0.3, 0.4) is 0 Å². The maximum atomic E-state index is 12.2. The van der Waals surface area contributed by atoms with Crippen molar-refractivity contribution in [1.29, 1.82) is 5.26 Å². The normalized spacial score (nSPS) is 11.9. The van der Waals surface area contributed by atoms with Gasteiger partial charge in [0.1, 0.15) is 11.6 Å².